The Hall–Kier alpha value is -2.79. The quantitative estimate of drug-likeness (QED) is 0.724. The van der Waals surface area contributed by atoms with Gasteiger partial charge in [0.1, 0.15) is 11.3 Å². The molecular formula is C20H21NO4. The molecule has 0 aliphatic heterocycles. The second-order valence-electron chi connectivity index (χ2n) is 5.98. The van der Waals surface area contributed by atoms with Crippen molar-refractivity contribution in [1.82, 2.24) is 5.32 Å². The van der Waals surface area contributed by atoms with Crippen molar-refractivity contribution < 1.29 is 19.1 Å². The van der Waals surface area contributed by atoms with Gasteiger partial charge >= 0.3 is 0 Å². The minimum absolute atomic E-state index is 0.161. The highest BCUT2D eigenvalue weighted by Gasteiger charge is 2.14. The zero-order valence-corrected chi connectivity index (χ0v) is 14.3. The minimum Gasteiger partial charge on any atom is -0.497 e. The summed E-state index contributed by atoms with van der Waals surface area (Å²) in [5.41, 5.74) is 3.31. The molecule has 0 aliphatic carbocycles. The summed E-state index contributed by atoms with van der Waals surface area (Å²) < 4.78 is 10.7. The molecule has 1 heterocycles. The smallest absolute Gasteiger partial charge is 0.224 e. The molecule has 0 aliphatic rings. The molecule has 0 bridgehead atoms. The number of carbonyl (C=O) groups is 1. The number of hydrogen-bond acceptors (Lipinski definition) is 4. The molecule has 1 atom stereocenters. The number of nitrogens with one attached hydrogen (secondary N) is 1. The van der Waals surface area contributed by atoms with Gasteiger partial charge in [-0.15, -0.1) is 0 Å². The normalized spacial score (nSPS) is 12.1. The zero-order chi connectivity index (χ0) is 17.8. The molecule has 130 valence electrons. The third-order valence-electron chi connectivity index (χ3n) is 4.25. The van der Waals surface area contributed by atoms with E-state index >= 15 is 0 Å². The van der Waals surface area contributed by atoms with E-state index in [-0.39, 0.29) is 18.9 Å². The van der Waals surface area contributed by atoms with Crippen LogP contribution in [-0.2, 0) is 11.2 Å². The molecule has 3 aromatic rings. The van der Waals surface area contributed by atoms with Crippen LogP contribution in [0.15, 0.2) is 53.1 Å². The summed E-state index contributed by atoms with van der Waals surface area (Å²) >= 11 is 0. The molecule has 0 saturated heterocycles. The standard InChI is InChI=1S/C20H21NO4/c1-13-5-3-4-6-16(13)18(22)11-21-20(23)9-14-12-25-19-10-15(24-2)7-8-17(14)19/h3-8,10,12,18,22H,9,11H2,1-2H3,(H,21,23). The zero-order valence-electron chi connectivity index (χ0n) is 14.3. The summed E-state index contributed by atoms with van der Waals surface area (Å²) in [6.45, 7) is 2.11. The predicted molar refractivity (Wildman–Crippen MR) is 95.6 cm³/mol. The number of aliphatic hydroxyl groups excluding tert-OH is 1. The van der Waals surface area contributed by atoms with Crippen molar-refractivity contribution in [3.8, 4) is 5.75 Å². The lowest BCUT2D eigenvalue weighted by Gasteiger charge is -2.14. The number of aryl methyl sites for hydroxylation is 1. The van der Waals surface area contributed by atoms with E-state index in [0.29, 0.717) is 11.3 Å². The third-order valence-corrected chi connectivity index (χ3v) is 4.25. The molecule has 5 nitrogen and oxygen atoms in total. The van der Waals surface area contributed by atoms with E-state index in [9.17, 15) is 9.90 Å². The van der Waals surface area contributed by atoms with Crippen LogP contribution in [0.25, 0.3) is 11.0 Å². The van der Waals surface area contributed by atoms with E-state index in [1.54, 1.807) is 19.4 Å². The first kappa shape index (κ1) is 17.0. The number of rotatable bonds is 6. The molecule has 25 heavy (non-hydrogen) atoms. The topological polar surface area (TPSA) is 71.7 Å². The number of furan rings is 1. The van der Waals surface area contributed by atoms with E-state index in [4.69, 9.17) is 9.15 Å². The van der Waals surface area contributed by atoms with Gasteiger partial charge in [-0.05, 0) is 30.2 Å². The number of methoxy groups -OCH3 is 1. The van der Waals surface area contributed by atoms with Gasteiger partial charge in [-0.2, -0.15) is 0 Å². The van der Waals surface area contributed by atoms with E-state index in [0.717, 1.165) is 22.1 Å². The van der Waals surface area contributed by atoms with Crippen molar-refractivity contribution in [2.24, 2.45) is 0 Å². The molecule has 3 rings (SSSR count). The third kappa shape index (κ3) is 3.83. The van der Waals surface area contributed by atoms with Crippen molar-refractivity contribution in [2.75, 3.05) is 13.7 Å². The second kappa shape index (κ2) is 7.40. The Kier molecular flexibility index (Phi) is 5.05. The van der Waals surface area contributed by atoms with E-state index < -0.39 is 6.10 Å². The van der Waals surface area contributed by atoms with E-state index in [1.807, 2.05) is 43.3 Å². The number of aliphatic hydroxyl groups is 1. The number of ether oxygens (including phenoxy) is 1. The molecule has 2 aromatic carbocycles. The Morgan fingerprint density at radius 2 is 2.08 bits per heavy atom. The highest BCUT2D eigenvalue weighted by molar-refractivity contribution is 5.88. The highest BCUT2D eigenvalue weighted by Crippen LogP contribution is 2.26. The molecular weight excluding hydrogens is 318 g/mol. The largest absolute Gasteiger partial charge is 0.497 e. The van der Waals surface area contributed by atoms with E-state index in [1.165, 1.54) is 0 Å². The number of carbonyl (C=O) groups excluding carboxylic acids is 1. The molecule has 0 spiro atoms. The van der Waals surface area contributed by atoms with Crippen LogP contribution in [0.3, 0.4) is 0 Å². The lowest BCUT2D eigenvalue weighted by molar-refractivity contribution is -0.120. The first-order valence-electron chi connectivity index (χ1n) is 8.13. The van der Waals surface area contributed by atoms with Gasteiger partial charge in [-0.25, -0.2) is 0 Å². The Bertz CT molecular complexity index is 884. The first-order chi connectivity index (χ1) is 12.1. The van der Waals surface area contributed by atoms with Crippen LogP contribution >= 0.6 is 0 Å². The van der Waals surface area contributed by atoms with Crippen LogP contribution in [0.1, 0.15) is 22.8 Å². The van der Waals surface area contributed by atoms with E-state index in [2.05, 4.69) is 5.32 Å². The van der Waals surface area contributed by atoms with Crippen LogP contribution in [0.4, 0.5) is 0 Å². The lowest BCUT2D eigenvalue weighted by Crippen LogP contribution is -2.29. The van der Waals surface area contributed by atoms with Crippen molar-refractivity contribution in [2.45, 2.75) is 19.4 Å². The second-order valence-corrected chi connectivity index (χ2v) is 5.98. The number of hydrogen-bond donors (Lipinski definition) is 2. The number of fused-ring (bicyclic) bond motifs is 1. The predicted octanol–water partition coefficient (Wildman–Crippen LogP) is 3.14. The number of amides is 1. The van der Waals surface area contributed by atoms with Crippen molar-refractivity contribution in [3.63, 3.8) is 0 Å². The van der Waals surface area contributed by atoms with Crippen molar-refractivity contribution in [1.29, 1.82) is 0 Å². The monoisotopic (exact) mass is 339 g/mol. The Morgan fingerprint density at radius 1 is 1.28 bits per heavy atom. The fourth-order valence-corrected chi connectivity index (χ4v) is 2.84. The summed E-state index contributed by atoms with van der Waals surface area (Å²) in [6, 6.07) is 13.1. The van der Waals surface area contributed by atoms with Gasteiger partial charge in [0.2, 0.25) is 5.91 Å². The summed E-state index contributed by atoms with van der Waals surface area (Å²) in [5, 5.41) is 13.9. The van der Waals surface area contributed by atoms with Gasteiger partial charge in [0.15, 0.2) is 0 Å². The van der Waals surface area contributed by atoms with Crippen LogP contribution in [0.5, 0.6) is 5.75 Å². The molecule has 0 fully saturated rings. The van der Waals surface area contributed by atoms with Crippen LogP contribution in [0.2, 0.25) is 0 Å². The molecule has 0 radical (unpaired) electrons. The van der Waals surface area contributed by atoms with Gasteiger partial charge in [-0.3, -0.25) is 4.79 Å². The summed E-state index contributed by atoms with van der Waals surface area (Å²) in [7, 11) is 1.60. The maximum Gasteiger partial charge on any atom is 0.224 e. The maximum atomic E-state index is 12.2. The van der Waals surface area contributed by atoms with Crippen LogP contribution in [-0.4, -0.2) is 24.7 Å². The maximum absolute atomic E-state index is 12.2. The average Bonchev–Trinajstić information content (AvgIpc) is 3.02. The SMILES string of the molecule is COc1ccc2c(CC(=O)NCC(O)c3ccccc3C)coc2c1. The van der Waals surface area contributed by atoms with Crippen LogP contribution in [0, 0.1) is 6.92 Å². The van der Waals surface area contributed by atoms with Crippen molar-refractivity contribution >= 4 is 16.9 Å². The Balaban J connectivity index is 1.62. The number of benzene rings is 2. The van der Waals surface area contributed by atoms with Crippen LogP contribution < -0.4 is 10.1 Å². The fraction of sp³-hybridized carbons (Fsp3) is 0.250. The molecule has 2 N–H and O–H groups in total. The minimum atomic E-state index is -0.726. The molecule has 1 unspecified atom stereocenters. The van der Waals surface area contributed by atoms with Gasteiger partial charge in [0.05, 0.1) is 25.9 Å². The molecule has 1 aromatic heterocycles. The molecule has 0 saturated carbocycles. The molecule has 5 heteroatoms. The lowest BCUT2D eigenvalue weighted by atomic mass is 10.0. The van der Waals surface area contributed by atoms with Crippen molar-refractivity contribution in [3.05, 3.63) is 65.4 Å². The van der Waals surface area contributed by atoms with Gasteiger partial charge in [0, 0.05) is 23.6 Å². The van der Waals surface area contributed by atoms with Gasteiger partial charge in [0.25, 0.3) is 0 Å². The molecule has 1 amide bonds. The highest BCUT2D eigenvalue weighted by atomic mass is 16.5. The summed E-state index contributed by atoms with van der Waals surface area (Å²) in [6.07, 6.45) is 1.05. The Labute approximate surface area is 146 Å². The summed E-state index contributed by atoms with van der Waals surface area (Å²) in [5.74, 6) is 0.547. The first-order valence-corrected chi connectivity index (χ1v) is 8.13. The van der Waals surface area contributed by atoms with Gasteiger partial charge < -0.3 is 19.6 Å². The fourth-order valence-electron chi connectivity index (χ4n) is 2.84. The average molecular weight is 339 g/mol. The van der Waals surface area contributed by atoms with Gasteiger partial charge in [-0.1, -0.05) is 24.3 Å². The summed E-state index contributed by atoms with van der Waals surface area (Å²) in [4.78, 5) is 12.2. The Morgan fingerprint density at radius 3 is 2.84 bits per heavy atom.